The van der Waals surface area contributed by atoms with Gasteiger partial charge in [-0.2, -0.15) is 0 Å². The van der Waals surface area contributed by atoms with Gasteiger partial charge in [0.25, 0.3) is 0 Å². The SMILES string of the molecule is O=C1N(c2cccnc2)CCC12CCCN(c1ccccn1)C2. The first kappa shape index (κ1) is 14.2. The van der Waals surface area contributed by atoms with E-state index in [4.69, 9.17) is 0 Å². The highest BCUT2D eigenvalue weighted by atomic mass is 16.2. The number of hydrogen-bond acceptors (Lipinski definition) is 4. The predicted molar refractivity (Wildman–Crippen MR) is 89.3 cm³/mol. The molecule has 5 nitrogen and oxygen atoms in total. The highest BCUT2D eigenvalue weighted by molar-refractivity contribution is 6.00. The molecule has 2 aliphatic rings. The number of anilines is 2. The molecule has 0 aliphatic carbocycles. The van der Waals surface area contributed by atoms with Crippen LogP contribution in [-0.2, 0) is 4.79 Å². The average Bonchev–Trinajstić information content (AvgIpc) is 2.93. The Morgan fingerprint density at radius 2 is 2.00 bits per heavy atom. The summed E-state index contributed by atoms with van der Waals surface area (Å²) in [5.41, 5.74) is 0.635. The number of aromatic nitrogens is 2. The van der Waals surface area contributed by atoms with Crippen molar-refractivity contribution in [1.82, 2.24) is 9.97 Å². The van der Waals surface area contributed by atoms with Crippen molar-refractivity contribution in [1.29, 1.82) is 0 Å². The van der Waals surface area contributed by atoms with E-state index in [-0.39, 0.29) is 11.3 Å². The number of hydrogen-bond donors (Lipinski definition) is 0. The normalized spacial score (nSPS) is 24.4. The molecule has 2 aromatic heterocycles. The number of carbonyl (C=O) groups is 1. The van der Waals surface area contributed by atoms with E-state index in [0.717, 1.165) is 50.4 Å². The molecule has 0 saturated carbocycles. The first-order chi connectivity index (χ1) is 11.3. The Morgan fingerprint density at radius 3 is 2.78 bits per heavy atom. The summed E-state index contributed by atoms with van der Waals surface area (Å²) in [6, 6.07) is 9.80. The molecule has 0 N–H and O–H groups in total. The monoisotopic (exact) mass is 308 g/mol. The lowest BCUT2D eigenvalue weighted by atomic mass is 9.78. The molecule has 4 rings (SSSR count). The van der Waals surface area contributed by atoms with Crippen LogP contribution >= 0.6 is 0 Å². The smallest absolute Gasteiger partial charge is 0.235 e. The van der Waals surface area contributed by atoms with Gasteiger partial charge in [0, 0.05) is 32.0 Å². The van der Waals surface area contributed by atoms with Crippen LogP contribution in [0.3, 0.4) is 0 Å². The van der Waals surface area contributed by atoms with Gasteiger partial charge < -0.3 is 9.80 Å². The number of amides is 1. The quantitative estimate of drug-likeness (QED) is 0.855. The highest BCUT2D eigenvalue weighted by Crippen LogP contribution is 2.42. The van der Waals surface area contributed by atoms with Crippen molar-refractivity contribution in [2.75, 3.05) is 29.4 Å². The van der Waals surface area contributed by atoms with Gasteiger partial charge in [-0.1, -0.05) is 6.07 Å². The maximum Gasteiger partial charge on any atom is 0.235 e. The van der Waals surface area contributed by atoms with Crippen LogP contribution < -0.4 is 9.80 Å². The molecule has 1 amide bonds. The van der Waals surface area contributed by atoms with E-state index in [1.165, 1.54) is 0 Å². The summed E-state index contributed by atoms with van der Waals surface area (Å²) in [4.78, 5) is 25.9. The number of piperidine rings is 1. The molecule has 2 fully saturated rings. The Hall–Kier alpha value is -2.43. The Balaban J connectivity index is 1.58. The van der Waals surface area contributed by atoms with E-state index in [1.807, 2.05) is 41.4 Å². The van der Waals surface area contributed by atoms with E-state index >= 15 is 0 Å². The van der Waals surface area contributed by atoms with Gasteiger partial charge in [0.05, 0.1) is 17.3 Å². The predicted octanol–water partition coefficient (Wildman–Crippen LogP) is 2.50. The minimum atomic E-state index is -0.272. The molecule has 4 heterocycles. The van der Waals surface area contributed by atoms with Gasteiger partial charge in [-0.3, -0.25) is 9.78 Å². The van der Waals surface area contributed by atoms with E-state index in [2.05, 4.69) is 14.9 Å². The molecule has 2 saturated heterocycles. The van der Waals surface area contributed by atoms with E-state index < -0.39 is 0 Å². The molecule has 0 bridgehead atoms. The van der Waals surface area contributed by atoms with Crippen LogP contribution in [0.1, 0.15) is 19.3 Å². The third-order valence-electron chi connectivity index (χ3n) is 5.02. The third kappa shape index (κ3) is 2.46. The van der Waals surface area contributed by atoms with Crippen LogP contribution in [0, 0.1) is 5.41 Å². The van der Waals surface area contributed by atoms with Crippen LogP contribution in [0.5, 0.6) is 0 Å². The summed E-state index contributed by atoms with van der Waals surface area (Å²) in [7, 11) is 0. The van der Waals surface area contributed by atoms with Gasteiger partial charge in [0.2, 0.25) is 5.91 Å². The van der Waals surface area contributed by atoms with Crippen molar-refractivity contribution in [2.45, 2.75) is 19.3 Å². The van der Waals surface area contributed by atoms with Crippen molar-refractivity contribution in [3.63, 3.8) is 0 Å². The summed E-state index contributed by atoms with van der Waals surface area (Å²) in [5.74, 6) is 1.21. The summed E-state index contributed by atoms with van der Waals surface area (Å²) in [6.45, 7) is 2.51. The maximum atomic E-state index is 13.1. The standard InChI is InChI=1S/C18H20N4O/c23-17-18(8-12-22(17)15-5-3-9-19-13-15)7-4-11-21(14-18)16-6-1-2-10-20-16/h1-3,5-6,9-10,13H,4,7-8,11-12,14H2. The van der Waals surface area contributed by atoms with Crippen molar-refractivity contribution < 1.29 is 4.79 Å². The second kappa shape index (κ2) is 5.65. The molecule has 0 aromatic carbocycles. The fraction of sp³-hybridized carbons (Fsp3) is 0.389. The van der Waals surface area contributed by atoms with Crippen molar-refractivity contribution >= 4 is 17.4 Å². The van der Waals surface area contributed by atoms with Gasteiger partial charge in [-0.15, -0.1) is 0 Å². The topological polar surface area (TPSA) is 49.3 Å². The average molecular weight is 308 g/mol. The maximum absolute atomic E-state index is 13.1. The van der Waals surface area contributed by atoms with Gasteiger partial charge in [-0.05, 0) is 43.5 Å². The van der Waals surface area contributed by atoms with Crippen LogP contribution in [0.2, 0.25) is 0 Å². The van der Waals surface area contributed by atoms with Crippen LogP contribution in [0.15, 0.2) is 48.9 Å². The van der Waals surface area contributed by atoms with Crippen molar-refractivity contribution in [3.05, 3.63) is 48.9 Å². The summed E-state index contributed by atoms with van der Waals surface area (Å²) in [6.07, 6.45) is 8.23. The zero-order chi connectivity index (χ0) is 15.7. The molecular weight excluding hydrogens is 288 g/mol. The van der Waals surface area contributed by atoms with Gasteiger partial charge in [-0.25, -0.2) is 4.98 Å². The molecule has 1 atom stereocenters. The second-order valence-corrected chi connectivity index (χ2v) is 6.41. The summed E-state index contributed by atoms with van der Waals surface area (Å²) >= 11 is 0. The number of pyridine rings is 2. The van der Waals surface area contributed by atoms with E-state index in [1.54, 1.807) is 12.4 Å². The second-order valence-electron chi connectivity index (χ2n) is 6.41. The molecule has 118 valence electrons. The first-order valence-electron chi connectivity index (χ1n) is 8.17. The minimum absolute atomic E-state index is 0.242. The zero-order valence-corrected chi connectivity index (χ0v) is 13.1. The fourth-order valence-electron chi connectivity index (χ4n) is 3.83. The third-order valence-corrected chi connectivity index (χ3v) is 5.02. The van der Waals surface area contributed by atoms with Crippen LogP contribution in [0.4, 0.5) is 11.5 Å². The molecule has 1 unspecified atom stereocenters. The largest absolute Gasteiger partial charge is 0.356 e. The number of rotatable bonds is 2. The Bertz CT molecular complexity index is 691. The van der Waals surface area contributed by atoms with E-state index in [9.17, 15) is 4.79 Å². The zero-order valence-electron chi connectivity index (χ0n) is 13.1. The number of nitrogens with zero attached hydrogens (tertiary/aromatic N) is 4. The Morgan fingerprint density at radius 1 is 1.04 bits per heavy atom. The van der Waals surface area contributed by atoms with Gasteiger partial charge >= 0.3 is 0 Å². The minimum Gasteiger partial charge on any atom is -0.356 e. The fourth-order valence-corrected chi connectivity index (χ4v) is 3.83. The van der Waals surface area contributed by atoms with Crippen LogP contribution in [-0.4, -0.2) is 35.5 Å². The molecule has 1 spiro atoms. The molecule has 23 heavy (non-hydrogen) atoms. The Kier molecular flexibility index (Phi) is 3.48. The molecule has 2 aliphatic heterocycles. The Labute approximate surface area is 136 Å². The summed E-state index contributed by atoms with van der Waals surface area (Å²) in [5, 5.41) is 0. The summed E-state index contributed by atoms with van der Waals surface area (Å²) < 4.78 is 0. The lowest BCUT2D eigenvalue weighted by molar-refractivity contribution is -0.126. The highest BCUT2D eigenvalue weighted by Gasteiger charge is 2.49. The van der Waals surface area contributed by atoms with Crippen molar-refractivity contribution in [3.8, 4) is 0 Å². The lowest BCUT2D eigenvalue weighted by Crippen LogP contribution is -2.48. The lowest BCUT2D eigenvalue weighted by Gasteiger charge is -2.39. The molecule has 0 radical (unpaired) electrons. The first-order valence-corrected chi connectivity index (χ1v) is 8.17. The van der Waals surface area contributed by atoms with Crippen LogP contribution in [0.25, 0.3) is 0 Å². The van der Waals surface area contributed by atoms with E-state index in [0.29, 0.717) is 0 Å². The number of carbonyl (C=O) groups excluding carboxylic acids is 1. The van der Waals surface area contributed by atoms with Gasteiger partial charge in [0.15, 0.2) is 0 Å². The van der Waals surface area contributed by atoms with Gasteiger partial charge in [0.1, 0.15) is 5.82 Å². The molecule has 5 heteroatoms. The molecular formula is C18H20N4O. The molecule has 2 aromatic rings. The van der Waals surface area contributed by atoms with Crippen molar-refractivity contribution in [2.24, 2.45) is 5.41 Å².